The maximum absolute atomic E-state index is 11.9. The van der Waals surface area contributed by atoms with Crippen LogP contribution in [0.15, 0.2) is 30.3 Å². The summed E-state index contributed by atoms with van der Waals surface area (Å²) in [5.74, 6) is -1.58. The molecular weight excluding hydrogens is 248 g/mol. The summed E-state index contributed by atoms with van der Waals surface area (Å²) in [6.07, 6.45) is 0.173. The second-order valence-corrected chi connectivity index (χ2v) is 4.33. The van der Waals surface area contributed by atoms with Crippen LogP contribution in [0.5, 0.6) is 0 Å². The van der Waals surface area contributed by atoms with Crippen LogP contribution in [0.3, 0.4) is 0 Å². The molecule has 0 radical (unpaired) electrons. The third-order valence-electron chi connectivity index (χ3n) is 2.95. The van der Waals surface area contributed by atoms with E-state index in [-0.39, 0.29) is 13.0 Å². The van der Waals surface area contributed by atoms with Crippen LogP contribution in [-0.4, -0.2) is 40.5 Å². The third kappa shape index (κ3) is 3.09. The van der Waals surface area contributed by atoms with E-state index in [1.165, 1.54) is 0 Å². The van der Waals surface area contributed by atoms with Crippen LogP contribution in [0, 0.1) is 0 Å². The smallest absolute Gasteiger partial charge is 0.324 e. The van der Waals surface area contributed by atoms with Gasteiger partial charge in [-0.25, -0.2) is 4.79 Å². The first-order valence-electron chi connectivity index (χ1n) is 5.95. The van der Waals surface area contributed by atoms with Crippen LogP contribution in [0.1, 0.15) is 12.0 Å². The van der Waals surface area contributed by atoms with E-state index in [2.05, 4.69) is 5.32 Å². The minimum absolute atomic E-state index is 0.255. The number of nitrogens with zero attached hydrogens (tertiary/aromatic N) is 1. The van der Waals surface area contributed by atoms with Crippen molar-refractivity contribution in [3.05, 3.63) is 35.9 Å². The quantitative estimate of drug-likeness (QED) is 0.762. The average molecular weight is 262 g/mol. The topological polar surface area (TPSA) is 86.7 Å². The number of hydrogen-bond acceptors (Lipinski definition) is 3. The number of aliphatic carboxylic acids is 1. The number of amides is 3. The fourth-order valence-corrected chi connectivity index (χ4v) is 1.99. The van der Waals surface area contributed by atoms with Crippen molar-refractivity contribution in [2.24, 2.45) is 0 Å². The normalized spacial score (nSPS) is 18.5. The van der Waals surface area contributed by atoms with E-state index < -0.39 is 23.9 Å². The molecule has 1 aromatic rings. The second-order valence-electron chi connectivity index (χ2n) is 4.33. The maximum Gasteiger partial charge on any atom is 0.324 e. The van der Waals surface area contributed by atoms with Crippen molar-refractivity contribution in [3.8, 4) is 0 Å². The zero-order chi connectivity index (χ0) is 13.8. The number of imide groups is 1. The standard InChI is InChI=1S/C13H14N2O4/c16-11(17)8-10-12(18)15(13(19)14-10)7-6-9-4-2-1-3-5-9/h1-5,10H,6-8H2,(H,14,19)(H,16,17)/t10-/m0/s1. The van der Waals surface area contributed by atoms with Crippen LogP contribution < -0.4 is 5.32 Å². The summed E-state index contributed by atoms with van der Waals surface area (Å²) in [5, 5.41) is 11.0. The van der Waals surface area contributed by atoms with Crippen molar-refractivity contribution >= 4 is 17.9 Å². The fraction of sp³-hybridized carbons (Fsp3) is 0.308. The average Bonchev–Trinajstić information content (AvgIpc) is 2.63. The highest BCUT2D eigenvalue weighted by Gasteiger charge is 2.38. The van der Waals surface area contributed by atoms with Crippen molar-refractivity contribution in [3.63, 3.8) is 0 Å². The Balaban J connectivity index is 1.95. The van der Waals surface area contributed by atoms with Crippen molar-refractivity contribution < 1.29 is 19.5 Å². The van der Waals surface area contributed by atoms with Gasteiger partial charge in [0.1, 0.15) is 6.04 Å². The summed E-state index contributed by atoms with van der Waals surface area (Å²) in [4.78, 5) is 35.1. The minimum Gasteiger partial charge on any atom is -0.481 e. The van der Waals surface area contributed by atoms with Gasteiger partial charge in [-0.1, -0.05) is 30.3 Å². The summed E-state index contributed by atoms with van der Waals surface area (Å²) in [7, 11) is 0. The summed E-state index contributed by atoms with van der Waals surface area (Å²) in [6, 6.07) is 8.01. The molecule has 1 aromatic carbocycles. The van der Waals surface area contributed by atoms with Gasteiger partial charge < -0.3 is 10.4 Å². The number of nitrogens with one attached hydrogen (secondary N) is 1. The first kappa shape index (κ1) is 13.1. The van der Waals surface area contributed by atoms with E-state index in [1.807, 2.05) is 30.3 Å². The lowest BCUT2D eigenvalue weighted by Gasteiger charge is -2.12. The van der Waals surface area contributed by atoms with Gasteiger partial charge in [-0.2, -0.15) is 0 Å². The Kier molecular flexibility index (Phi) is 3.79. The molecule has 3 amide bonds. The van der Waals surface area contributed by atoms with Gasteiger partial charge in [-0.05, 0) is 12.0 Å². The molecule has 1 aliphatic rings. The molecule has 0 aliphatic carbocycles. The van der Waals surface area contributed by atoms with Crippen molar-refractivity contribution in [1.82, 2.24) is 10.2 Å². The van der Waals surface area contributed by atoms with Crippen LogP contribution in [0.2, 0.25) is 0 Å². The first-order chi connectivity index (χ1) is 9.08. The van der Waals surface area contributed by atoms with Crippen molar-refractivity contribution in [2.75, 3.05) is 6.54 Å². The van der Waals surface area contributed by atoms with Gasteiger partial charge in [0, 0.05) is 6.54 Å². The number of carboxylic acid groups (broad SMARTS) is 1. The molecule has 2 N–H and O–H groups in total. The zero-order valence-corrected chi connectivity index (χ0v) is 10.2. The lowest BCUT2D eigenvalue weighted by Crippen LogP contribution is -2.34. The summed E-state index contributed by atoms with van der Waals surface area (Å²) < 4.78 is 0. The third-order valence-corrected chi connectivity index (χ3v) is 2.95. The molecule has 19 heavy (non-hydrogen) atoms. The number of carbonyl (C=O) groups is 3. The number of hydrogen-bond donors (Lipinski definition) is 2. The molecule has 1 fully saturated rings. The van der Waals surface area contributed by atoms with E-state index in [9.17, 15) is 14.4 Å². The largest absolute Gasteiger partial charge is 0.481 e. The van der Waals surface area contributed by atoms with E-state index in [1.54, 1.807) is 0 Å². The molecular formula is C13H14N2O4. The minimum atomic E-state index is -1.11. The number of urea groups is 1. The highest BCUT2D eigenvalue weighted by Crippen LogP contribution is 2.11. The van der Waals surface area contributed by atoms with E-state index in [0.29, 0.717) is 6.42 Å². The lowest BCUT2D eigenvalue weighted by atomic mass is 10.1. The molecule has 0 aromatic heterocycles. The molecule has 0 saturated carbocycles. The molecule has 6 heteroatoms. The van der Waals surface area contributed by atoms with Crippen molar-refractivity contribution in [1.29, 1.82) is 0 Å². The fourth-order valence-electron chi connectivity index (χ4n) is 1.99. The van der Waals surface area contributed by atoms with Gasteiger partial charge in [0.15, 0.2) is 0 Å². The van der Waals surface area contributed by atoms with Gasteiger partial charge >= 0.3 is 12.0 Å². The molecule has 0 spiro atoms. The molecule has 1 atom stereocenters. The first-order valence-corrected chi connectivity index (χ1v) is 5.95. The van der Waals surface area contributed by atoms with Crippen molar-refractivity contribution in [2.45, 2.75) is 18.9 Å². The van der Waals surface area contributed by atoms with Crippen LogP contribution >= 0.6 is 0 Å². The number of carbonyl (C=O) groups excluding carboxylic acids is 2. The van der Waals surface area contributed by atoms with Gasteiger partial charge in [0.25, 0.3) is 5.91 Å². The van der Waals surface area contributed by atoms with Gasteiger partial charge in [-0.15, -0.1) is 0 Å². The number of carboxylic acids is 1. The molecule has 6 nitrogen and oxygen atoms in total. The Hall–Kier alpha value is -2.37. The Labute approximate surface area is 110 Å². The van der Waals surface area contributed by atoms with E-state index in [0.717, 1.165) is 10.5 Å². The molecule has 0 bridgehead atoms. The predicted octanol–water partition coefficient (Wildman–Crippen LogP) is 0.624. The SMILES string of the molecule is O=C(O)C[C@@H]1NC(=O)N(CCc2ccccc2)C1=O. The Morgan fingerprint density at radius 3 is 2.58 bits per heavy atom. The zero-order valence-electron chi connectivity index (χ0n) is 10.2. The number of rotatable bonds is 5. The number of benzene rings is 1. The van der Waals surface area contributed by atoms with E-state index >= 15 is 0 Å². The lowest BCUT2D eigenvalue weighted by molar-refractivity contribution is -0.140. The van der Waals surface area contributed by atoms with Crippen LogP contribution in [0.25, 0.3) is 0 Å². The Morgan fingerprint density at radius 2 is 1.95 bits per heavy atom. The van der Waals surface area contributed by atoms with Crippen LogP contribution in [-0.2, 0) is 16.0 Å². The van der Waals surface area contributed by atoms with Gasteiger partial charge in [-0.3, -0.25) is 14.5 Å². The molecule has 2 rings (SSSR count). The molecule has 1 heterocycles. The summed E-state index contributed by atoms with van der Waals surface area (Å²) in [6.45, 7) is 0.255. The van der Waals surface area contributed by atoms with Crippen LogP contribution in [0.4, 0.5) is 4.79 Å². The highest BCUT2D eigenvalue weighted by atomic mass is 16.4. The monoisotopic (exact) mass is 262 g/mol. The molecule has 1 aliphatic heterocycles. The summed E-state index contributed by atoms with van der Waals surface area (Å²) in [5.41, 5.74) is 1.02. The molecule has 1 saturated heterocycles. The Morgan fingerprint density at radius 1 is 1.26 bits per heavy atom. The maximum atomic E-state index is 11.9. The van der Waals surface area contributed by atoms with Gasteiger partial charge in [0.2, 0.25) is 0 Å². The molecule has 100 valence electrons. The summed E-state index contributed by atoms with van der Waals surface area (Å²) >= 11 is 0. The van der Waals surface area contributed by atoms with E-state index in [4.69, 9.17) is 5.11 Å². The second kappa shape index (κ2) is 5.51. The molecule has 0 unspecified atom stereocenters. The highest BCUT2D eigenvalue weighted by molar-refractivity contribution is 6.05. The Bertz CT molecular complexity index is 501. The predicted molar refractivity (Wildman–Crippen MR) is 66.4 cm³/mol. The van der Waals surface area contributed by atoms with Gasteiger partial charge in [0.05, 0.1) is 6.42 Å².